The lowest BCUT2D eigenvalue weighted by Gasteiger charge is -2.04. The van der Waals surface area contributed by atoms with Crippen molar-refractivity contribution in [2.24, 2.45) is 0 Å². The van der Waals surface area contributed by atoms with Crippen molar-refractivity contribution in [3.05, 3.63) is 59.8 Å². The Morgan fingerprint density at radius 2 is 1.90 bits per heavy atom. The number of anilines is 1. The van der Waals surface area contributed by atoms with Gasteiger partial charge in [-0.3, -0.25) is 4.98 Å². The van der Waals surface area contributed by atoms with Crippen LogP contribution in [0.15, 0.2) is 42.6 Å². The molecule has 1 fully saturated rings. The summed E-state index contributed by atoms with van der Waals surface area (Å²) in [5, 5.41) is 1.12. The van der Waals surface area contributed by atoms with Crippen LogP contribution >= 0.6 is 0 Å². The van der Waals surface area contributed by atoms with Crippen LogP contribution in [0.4, 0.5) is 5.69 Å². The predicted molar refractivity (Wildman–Crippen MR) is 83.0 cm³/mol. The average Bonchev–Trinajstić information content (AvgIpc) is 3.27. The van der Waals surface area contributed by atoms with E-state index in [2.05, 4.69) is 22.1 Å². The largest absolute Gasteiger partial charge is 0.399 e. The van der Waals surface area contributed by atoms with Crippen LogP contribution < -0.4 is 5.73 Å². The highest BCUT2D eigenvalue weighted by Crippen LogP contribution is 2.53. The fourth-order valence-electron chi connectivity index (χ4n) is 2.81. The fourth-order valence-corrected chi connectivity index (χ4v) is 2.81. The Hall–Kier alpha value is -2.49. The van der Waals surface area contributed by atoms with Gasteiger partial charge >= 0.3 is 0 Å². The summed E-state index contributed by atoms with van der Waals surface area (Å²) < 4.78 is 0. The van der Waals surface area contributed by atoms with Gasteiger partial charge in [0.15, 0.2) is 0 Å². The van der Waals surface area contributed by atoms with Crippen molar-refractivity contribution in [3.8, 4) is 0 Å². The van der Waals surface area contributed by atoms with Gasteiger partial charge in [-0.25, -0.2) is 9.97 Å². The second kappa shape index (κ2) is 4.52. The molecule has 0 aliphatic heterocycles. The number of aryl methyl sites for hydroxylation is 1. The lowest BCUT2D eigenvalue weighted by atomic mass is 10.1. The first kappa shape index (κ1) is 12.3. The summed E-state index contributed by atoms with van der Waals surface area (Å²) in [6.45, 7) is 2.00. The highest BCUT2D eigenvalue weighted by molar-refractivity contribution is 5.81. The van der Waals surface area contributed by atoms with E-state index in [1.54, 1.807) is 0 Å². The molecule has 1 aliphatic rings. The molecule has 0 amide bonds. The molecule has 21 heavy (non-hydrogen) atoms. The van der Waals surface area contributed by atoms with E-state index < -0.39 is 0 Å². The van der Waals surface area contributed by atoms with E-state index in [0.29, 0.717) is 11.8 Å². The van der Waals surface area contributed by atoms with Crippen LogP contribution in [0.5, 0.6) is 0 Å². The van der Waals surface area contributed by atoms with E-state index in [1.807, 2.05) is 37.4 Å². The Morgan fingerprint density at radius 1 is 1.05 bits per heavy atom. The summed E-state index contributed by atoms with van der Waals surface area (Å²) in [5.74, 6) is 1.77. The first-order chi connectivity index (χ1) is 10.2. The van der Waals surface area contributed by atoms with Crippen molar-refractivity contribution < 1.29 is 0 Å². The number of hydrogen-bond donors (Lipinski definition) is 1. The summed E-state index contributed by atoms with van der Waals surface area (Å²) in [5.41, 5.74) is 9.69. The molecule has 4 heteroatoms. The summed E-state index contributed by atoms with van der Waals surface area (Å²) in [6.07, 6.45) is 2.91. The molecule has 0 radical (unpaired) electrons. The van der Waals surface area contributed by atoms with Crippen molar-refractivity contribution in [1.82, 2.24) is 15.0 Å². The van der Waals surface area contributed by atoms with Crippen LogP contribution in [0.2, 0.25) is 0 Å². The van der Waals surface area contributed by atoms with Crippen molar-refractivity contribution in [1.29, 1.82) is 0 Å². The van der Waals surface area contributed by atoms with Crippen LogP contribution in [0.25, 0.3) is 10.9 Å². The minimum absolute atomic E-state index is 0.399. The fraction of sp³-hybridized carbons (Fsp3) is 0.235. The molecule has 104 valence electrons. The zero-order chi connectivity index (χ0) is 14.4. The summed E-state index contributed by atoms with van der Waals surface area (Å²) in [4.78, 5) is 13.7. The van der Waals surface area contributed by atoms with Crippen LogP contribution in [0.1, 0.15) is 35.5 Å². The summed E-state index contributed by atoms with van der Waals surface area (Å²) in [7, 11) is 0. The number of aromatic nitrogens is 3. The molecule has 0 saturated heterocycles. The first-order valence-corrected chi connectivity index (χ1v) is 7.16. The molecular formula is C17H16N4. The predicted octanol–water partition coefficient (Wildman–Crippen LogP) is 3.19. The molecule has 4 nitrogen and oxygen atoms in total. The van der Waals surface area contributed by atoms with Crippen molar-refractivity contribution >= 4 is 16.6 Å². The molecule has 0 spiro atoms. The molecular weight excluding hydrogens is 260 g/mol. The zero-order valence-electron chi connectivity index (χ0n) is 11.8. The maximum atomic E-state index is 5.84. The first-order valence-electron chi connectivity index (χ1n) is 7.16. The number of pyridine rings is 1. The van der Waals surface area contributed by atoms with E-state index in [9.17, 15) is 0 Å². The zero-order valence-corrected chi connectivity index (χ0v) is 11.8. The number of nitrogens with two attached hydrogens (primary N) is 1. The van der Waals surface area contributed by atoms with Gasteiger partial charge in [0, 0.05) is 40.5 Å². The van der Waals surface area contributed by atoms with Crippen molar-refractivity contribution in [2.45, 2.75) is 25.2 Å². The number of nitrogens with zero attached hydrogens (tertiary/aromatic N) is 3. The molecule has 0 unspecified atom stereocenters. The molecule has 1 saturated carbocycles. The van der Waals surface area contributed by atoms with E-state index in [-0.39, 0.29) is 0 Å². The Morgan fingerprint density at radius 3 is 2.76 bits per heavy atom. The third-order valence-electron chi connectivity index (χ3n) is 4.05. The average molecular weight is 276 g/mol. The lowest BCUT2D eigenvalue weighted by Crippen LogP contribution is -1.96. The Bertz CT molecular complexity index is 828. The quantitative estimate of drug-likeness (QED) is 0.730. The number of nitrogen functional groups attached to an aromatic ring is 1. The monoisotopic (exact) mass is 276 g/mol. The topological polar surface area (TPSA) is 64.7 Å². The van der Waals surface area contributed by atoms with Crippen molar-refractivity contribution in [2.75, 3.05) is 5.73 Å². The SMILES string of the molecule is Cc1ccnc([C@H]2C[C@@H]2c2ccc3ccc(N)cc3n2)n1. The van der Waals surface area contributed by atoms with Crippen LogP contribution in [0.3, 0.4) is 0 Å². The van der Waals surface area contributed by atoms with Crippen LogP contribution in [-0.4, -0.2) is 15.0 Å². The smallest absolute Gasteiger partial charge is 0.132 e. The number of hydrogen-bond acceptors (Lipinski definition) is 4. The summed E-state index contributed by atoms with van der Waals surface area (Å²) >= 11 is 0. The van der Waals surface area contributed by atoms with Crippen LogP contribution in [0, 0.1) is 6.92 Å². The summed E-state index contributed by atoms with van der Waals surface area (Å²) in [6, 6.07) is 12.0. The Labute approximate surface area is 123 Å². The highest BCUT2D eigenvalue weighted by atomic mass is 14.9. The highest BCUT2D eigenvalue weighted by Gasteiger charge is 2.42. The van der Waals surface area contributed by atoms with Gasteiger partial charge in [0.2, 0.25) is 0 Å². The molecule has 2 heterocycles. The molecule has 0 bridgehead atoms. The van der Waals surface area contributed by atoms with E-state index >= 15 is 0 Å². The van der Waals surface area contributed by atoms with Gasteiger partial charge in [-0.15, -0.1) is 0 Å². The van der Waals surface area contributed by atoms with E-state index in [1.165, 1.54) is 0 Å². The van der Waals surface area contributed by atoms with Crippen molar-refractivity contribution in [3.63, 3.8) is 0 Å². The number of rotatable bonds is 2. The maximum absolute atomic E-state index is 5.84. The van der Waals surface area contributed by atoms with Gasteiger partial charge in [0.25, 0.3) is 0 Å². The molecule has 1 aromatic carbocycles. The minimum atomic E-state index is 0.399. The minimum Gasteiger partial charge on any atom is -0.399 e. The second-order valence-corrected chi connectivity index (χ2v) is 5.69. The maximum Gasteiger partial charge on any atom is 0.132 e. The third kappa shape index (κ3) is 2.23. The third-order valence-corrected chi connectivity index (χ3v) is 4.05. The van der Waals surface area contributed by atoms with E-state index in [0.717, 1.165) is 40.2 Å². The van der Waals surface area contributed by atoms with Gasteiger partial charge in [0.1, 0.15) is 5.82 Å². The van der Waals surface area contributed by atoms with Gasteiger partial charge in [-0.2, -0.15) is 0 Å². The molecule has 4 rings (SSSR count). The second-order valence-electron chi connectivity index (χ2n) is 5.69. The standard InChI is InChI=1S/C17H16N4/c1-10-6-7-19-17(20-10)14-9-13(14)15-5-3-11-2-4-12(18)8-16(11)21-15/h2-8,13-14H,9,18H2,1H3/t13-,14-/m0/s1. The Kier molecular flexibility index (Phi) is 2.64. The van der Waals surface area contributed by atoms with E-state index in [4.69, 9.17) is 10.7 Å². The molecule has 2 atom stereocenters. The van der Waals surface area contributed by atoms with Gasteiger partial charge < -0.3 is 5.73 Å². The number of benzene rings is 1. The normalized spacial score (nSPS) is 20.6. The Balaban J connectivity index is 1.66. The molecule has 1 aliphatic carbocycles. The van der Waals surface area contributed by atoms with Gasteiger partial charge in [0.05, 0.1) is 5.52 Å². The van der Waals surface area contributed by atoms with Gasteiger partial charge in [-0.1, -0.05) is 12.1 Å². The number of fused-ring (bicyclic) bond motifs is 1. The van der Waals surface area contributed by atoms with Gasteiger partial charge in [-0.05, 0) is 37.6 Å². The molecule has 2 N–H and O–H groups in total. The van der Waals surface area contributed by atoms with Crippen LogP contribution in [-0.2, 0) is 0 Å². The lowest BCUT2D eigenvalue weighted by molar-refractivity contribution is 0.867. The molecule has 3 aromatic rings. The molecule has 2 aromatic heterocycles.